The Hall–Kier alpha value is -1.71. The summed E-state index contributed by atoms with van der Waals surface area (Å²) in [5.74, 6) is -1.22. The Morgan fingerprint density at radius 3 is 2.93 bits per heavy atom. The van der Waals surface area contributed by atoms with Gasteiger partial charge in [-0.1, -0.05) is 0 Å². The summed E-state index contributed by atoms with van der Waals surface area (Å²) in [6.45, 7) is 0.858. The van der Waals surface area contributed by atoms with Crippen LogP contribution in [0.1, 0.15) is 22.3 Å². The van der Waals surface area contributed by atoms with Gasteiger partial charge in [0, 0.05) is 12.2 Å². The number of carboxylic acid groups (broad SMARTS) is 1. The summed E-state index contributed by atoms with van der Waals surface area (Å²) in [5.41, 5.74) is 1.57. The summed E-state index contributed by atoms with van der Waals surface area (Å²) in [7, 11) is 0. The molecule has 3 N–H and O–H groups in total. The van der Waals surface area contributed by atoms with Gasteiger partial charge < -0.3 is 15.5 Å². The number of benzene rings is 1. The number of anilines is 1. The molecule has 2 rings (SSSR count). The summed E-state index contributed by atoms with van der Waals surface area (Å²) in [5, 5.41) is 21.5. The molecule has 0 radical (unpaired) electrons. The molecule has 1 aliphatic heterocycles. The average molecular weight is 193 g/mol. The number of hydrogen-bond acceptors (Lipinski definition) is 3. The molecule has 1 aromatic carbocycles. The molecule has 0 atom stereocenters. The van der Waals surface area contributed by atoms with E-state index in [1.165, 1.54) is 6.07 Å². The first-order chi connectivity index (χ1) is 6.70. The van der Waals surface area contributed by atoms with Gasteiger partial charge >= 0.3 is 5.97 Å². The molecule has 0 saturated carbocycles. The maximum Gasteiger partial charge on any atom is 0.339 e. The van der Waals surface area contributed by atoms with Crippen molar-refractivity contribution < 1.29 is 15.0 Å². The molecule has 1 aromatic rings. The van der Waals surface area contributed by atoms with E-state index in [1.54, 1.807) is 6.07 Å². The van der Waals surface area contributed by atoms with Crippen LogP contribution in [0.25, 0.3) is 0 Å². The molecular formula is C10H11NO3. The van der Waals surface area contributed by atoms with Gasteiger partial charge in [-0.05, 0) is 30.5 Å². The number of hydrogen-bond donors (Lipinski definition) is 3. The Bertz CT molecular complexity index is 387. The minimum atomic E-state index is -1.07. The van der Waals surface area contributed by atoms with Crippen molar-refractivity contribution in [1.29, 1.82) is 0 Å². The number of rotatable bonds is 1. The summed E-state index contributed by atoms with van der Waals surface area (Å²) < 4.78 is 0. The topological polar surface area (TPSA) is 69.6 Å². The molecule has 4 nitrogen and oxygen atoms in total. The van der Waals surface area contributed by atoms with Crippen molar-refractivity contribution >= 4 is 11.7 Å². The summed E-state index contributed by atoms with van der Waals surface area (Å²) in [6, 6.07) is 3.14. The first-order valence-corrected chi connectivity index (χ1v) is 4.52. The van der Waals surface area contributed by atoms with Crippen LogP contribution in [0.2, 0.25) is 0 Å². The van der Waals surface area contributed by atoms with E-state index in [2.05, 4.69) is 5.32 Å². The molecule has 0 amide bonds. The van der Waals surface area contributed by atoms with Crippen LogP contribution in [-0.4, -0.2) is 22.7 Å². The van der Waals surface area contributed by atoms with E-state index in [0.29, 0.717) is 12.0 Å². The van der Waals surface area contributed by atoms with Crippen molar-refractivity contribution in [3.05, 3.63) is 23.3 Å². The van der Waals surface area contributed by atoms with Gasteiger partial charge in [0.2, 0.25) is 0 Å². The third-order valence-corrected chi connectivity index (χ3v) is 2.42. The quantitative estimate of drug-likeness (QED) is 0.590. The van der Waals surface area contributed by atoms with Gasteiger partial charge in [0.15, 0.2) is 0 Å². The fraction of sp³-hybridized carbons (Fsp3) is 0.300. The van der Waals surface area contributed by atoms with Crippen molar-refractivity contribution in [2.75, 3.05) is 11.9 Å². The molecule has 4 heteroatoms. The molecule has 14 heavy (non-hydrogen) atoms. The fourth-order valence-electron chi connectivity index (χ4n) is 1.79. The second kappa shape index (κ2) is 3.21. The van der Waals surface area contributed by atoms with Crippen molar-refractivity contribution in [3.63, 3.8) is 0 Å². The Morgan fingerprint density at radius 1 is 1.43 bits per heavy atom. The number of carbonyl (C=O) groups is 1. The monoisotopic (exact) mass is 193 g/mol. The summed E-state index contributed by atoms with van der Waals surface area (Å²) >= 11 is 0. The van der Waals surface area contributed by atoms with Crippen LogP contribution in [0.15, 0.2) is 12.1 Å². The number of carboxylic acids is 1. The van der Waals surface area contributed by atoms with Gasteiger partial charge in [-0.25, -0.2) is 4.79 Å². The number of phenols is 1. The van der Waals surface area contributed by atoms with Crippen LogP contribution in [0, 0.1) is 0 Å². The van der Waals surface area contributed by atoms with Crippen LogP contribution < -0.4 is 5.32 Å². The average Bonchev–Trinajstić information content (AvgIpc) is 2.17. The summed E-state index contributed by atoms with van der Waals surface area (Å²) in [4.78, 5) is 10.9. The highest BCUT2D eigenvalue weighted by Gasteiger charge is 2.20. The molecule has 1 aliphatic rings. The van der Waals surface area contributed by atoms with Crippen LogP contribution in [0.3, 0.4) is 0 Å². The lowest BCUT2D eigenvalue weighted by Gasteiger charge is -2.20. The molecule has 0 spiro atoms. The molecule has 74 valence electrons. The van der Waals surface area contributed by atoms with Gasteiger partial charge in [0.1, 0.15) is 11.3 Å². The fourth-order valence-corrected chi connectivity index (χ4v) is 1.79. The highest BCUT2D eigenvalue weighted by Crippen LogP contribution is 2.31. The van der Waals surface area contributed by atoms with E-state index in [-0.39, 0.29) is 11.3 Å². The number of fused-ring (bicyclic) bond motifs is 1. The van der Waals surface area contributed by atoms with Gasteiger partial charge in [-0.3, -0.25) is 0 Å². The minimum absolute atomic E-state index is 0.0368. The van der Waals surface area contributed by atoms with E-state index < -0.39 is 5.97 Å². The van der Waals surface area contributed by atoms with Crippen molar-refractivity contribution in [2.24, 2.45) is 0 Å². The Morgan fingerprint density at radius 2 is 2.21 bits per heavy atom. The van der Waals surface area contributed by atoms with E-state index in [1.807, 2.05) is 0 Å². The van der Waals surface area contributed by atoms with E-state index >= 15 is 0 Å². The number of aromatic carboxylic acids is 1. The van der Waals surface area contributed by atoms with Crippen LogP contribution >= 0.6 is 0 Å². The maximum absolute atomic E-state index is 10.9. The first-order valence-electron chi connectivity index (χ1n) is 4.52. The van der Waals surface area contributed by atoms with E-state index in [9.17, 15) is 9.90 Å². The van der Waals surface area contributed by atoms with Gasteiger partial charge in [0.05, 0.1) is 0 Å². The van der Waals surface area contributed by atoms with Crippen molar-refractivity contribution in [2.45, 2.75) is 12.8 Å². The molecule has 0 unspecified atom stereocenters. The molecule has 0 aliphatic carbocycles. The molecule has 0 aromatic heterocycles. The SMILES string of the molecule is O=C(O)c1c(O)ccc2c1CCCN2. The lowest BCUT2D eigenvalue weighted by atomic mass is 9.97. The van der Waals surface area contributed by atoms with E-state index in [0.717, 1.165) is 18.7 Å². The first kappa shape index (κ1) is 8.87. The lowest BCUT2D eigenvalue weighted by molar-refractivity contribution is 0.0692. The molecule has 0 fully saturated rings. The predicted molar refractivity (Wildman–Crippen MR) is 51.9 cm³/mol. The van der Waals surface area contributed by atoms with Gasteiger partial charge in [0.25, 0.3) is 0 Å². The number of nitrogens with one attached hydrogen (secondary N) is 1. The summed E-state index contributed by atoms with van der Waals surface area (Å²) in [6.07, 6.45) is 1.61. The third kappa shape index (κ3) is 1.28. The van der Waals surface area contributed by atoms with Crippen LogP contribution in [0.4, 0.5) is 5.69 Å². The molecule has 0 saturated heterocycles. The molecule has 1 heterocycles. The Labute approximate surface area is 81.2 Å². The minimum Gasteiger partial charge on any atom is -0.507 e. The van der Waals surface area contributed by atoms with Gasteiger partial charge in [-0.2, -0.15) is 0 Å². The Kier molecular flexibility index (Phi) is 2.04. The second-order valence-electron chi connectivity index (χ2n) is 3.32. The third-order valence-electron chi connectivity index (χ3n) is 2.42. The molecular weight excluding hydrogens is 182 g/mol. The van der Waals surface area contributed by atoms with Crippen molar-refractivity contribution in [3.8, 4) is 5.75 Å². The smallest absolute Gasteiger partial charge is 0.339 e. The maximum atomic E-state index is 10.9. The second-order valence-corrected chi connectivity index (χ2v) is 3.32. The van der Waals surface area contributed by atoms with Crippen LogP contribution in [0.5, 0.6) is 5.75 Å². The standard InChI is InChI=1S/C10H11NO3/c12-8-4-3-7-6(2-1-5-11-7)9(8)10(13)14/h3-4,11-12H,1-2,5H2,(H,13,14). The lowest BCUT2D eigenvalue weighted by Crippen LogP contribution is -2.15. The van der Waals surface area contributed by atoms with E-state index in [4.69, 9.17) is 5.11 Å². The Balaban J connectivity index is 2.60. The largest absolute Gasteiger partial charge is 0.507 e. The number of aromatic hydroxyl groups is 1. The zero-order valence-corrected chi connectivity index (χ0v) is 7.58. The highest BCUT2D eigenvalue weighted by molar-refractivity contribution is 5.94. The zero-order chi connectivity index (χ0) is 10.1. The predicted octanol–water partition coefficient (Wildman–Crippen LogP) is 1.45. The van der Waals surface area contributed by atoms with Gasteiger partial charge in [-0.15, -0.1) is 0 Å². The highest BCUT2D eigenvalue weighted by atomic mass is 16.4. The normalized spacial score (nSPS) is 14.3. The zero-order valence-electron chi connectivity index (χ0n) is 7.58. The van der Waals surface area contributed by atoms with Crippen LogP contribution in [-0.2, 0) is 6.42 Å². The molecule has 0 bridgehead atoms. The van der Waals surface area contributed by atoms with Crippen molar-refractivity contribution in [1.82, 2.24) is 0 Å².